The maximum Gasteiger partial charge on any atom is 0.254 e. The molecule has 0 saturated heterocycles. The first-order valence-electron chi connectivity index (χ1n) is 13.0. The number of aromatic nitrogens is 1. The lowest BCUT2D eigenvalue weighted by Gasteiger charge is -2.35. The molecule has 2 aliphatic rings. The molecule has 3 aromatic rings. The number of anilines is 1. The van der Waals surface area contributed by atoms with Crippen molar-refractivity contribution in [3.8, 4) is 16.9 Å². The summed E-state index contributed by atoms with van der Waals surface area (Å²) in [7, 11) is -1.49. The van der Waals surface area contributed by atoms with E-state index >= 15 is 4.39 Å². The zero-order valence-electron chi connectivity index (χ0n) is 22.0. The van der Waals surface area contributed by atoms with Crippen LogP contribution in [-0.4, -0.2) is 50.9 Å². The van der Waals surface area contributed by atoms with Gasteiger partial charge in [0.2, 0.25) is 5.91 Å². The number of nitrogens with two attached hydrogens (primary N) is 1. The van der Waals surface area contributed by atoms with E-state index in [9.17, 15) is 13.8 Å². The summed E-state index contributed by atoms with van der Waals surface area (Å²) in [5.41, 5.74) is 8.35. The molecule has 0 radical (unpaired) electrons. The Morgan fingerprint density at radius 1 is 1.18 bits per heavy atom. The summed E-state index contributed by atoms with van der Waals surface area (Å²) in [5.74, 6) is 0.0152. The van der Waals surface area contributed by atoms with Crippen LogP contribution in [0.15, 0.2) is 53.6 Å². The second-order valence-corrected chi connectivity index (χ2v) is 11.4. The molecule has 5 rings (SSSR count). The van der Waals surface area contributed by atoms with Crippen molar-refractivity contribution in [2.24, 2.45) is 5.73 Å². The molecule has 1 aliphatic heterocycles. The van der Waals surface area contributed by atoms with E-state index in [4.69, 9.17) is 10.5 Å². The van der Waals surface area contributed by atoms with Gasteiger partial charge in [-0.15, -0.1) is 0 Å². The van der Waals surface area contributed by atoms with Gasteiger partial charge in [-0.1, -0.05) is 13.0 Å². The molecule has 0 bridgehead atoms. The summed E-state index contributed by atoms with van der Waals surface area (Å²) >= 11 is 0. The molecular formula is C29H31FN4O4S. The van der Waals surface area contributed by atoms with Gasteiger partial charge in [0.1, 0.15) is 24.0 Å². The number of amides is 2. The van der Waals surface area contributed by atoms with Crippen molar-refractivity contribution in [3.63, 3.8) is 0 Å². The van der Waals surface area contributed by atoms with Crippen LogP contribution in [0.1, 0.15) is 47.7 Å². The van der Waals surface area contributed by atoms with Gasteiger partial charge in [-0.25, -0.2) is 9.37 Å². The predicted octanol–water partition coefficient (Wildman–Crippen LogP) is 4.04. The van der Waals surface area contributed by atoms with Crippen LogP contribution in [-0.2, 0) is 28.6 Å². The number of benzene rings is 2. The summed E-state index contributed by atoms with van der Waals surface area (Å²) in [5, 5.41) is 2.80. The van der Waals surface area contributed by atoms with Crippen LogP contribution < -0.4 is 15.8 Å². The van der Waals surface area contributed by atoms with Gasteiger partial charge in [0, 0.05) is 41.3 Å². The molecule has 204 valence electrons. The van der Waals surface area contributed by atoms with Gasteiger partial charge in [0.25, 0.3) is 5.91 Å². The van der Waals surface area contributed by atoms with Crippen molar-refractivity contribution >= 4 is 28.4 Å². The first-order valence-corrected chi connectivity index (χ1v) is 14.5. The van der Waals surface area contributed by atoms with Crippen LogP contribution in [0.3, 0.4) is 0 Å². The Balaban J connectivity index is 1.36. The van der Waals surface area contributed by atoms with Gasteiger partial charge in [-0.05, 0) is 67.6 Å². The van der Waals surface area contributed by atoms with Crippen molar-refractivity contribution < 1.29 is 22.9 Å². The SMILES string of the molecule is CCc1c(C(=O)N2CCOc3ccc(-c4ccc(NC(=O)C5(N)CCC5)nc4)cc3C2)ccc(S(C)=O)c1F. The zero-order chi connectivity index (χ0) is 27.7. The first kappa shape index (κ1) is 27.0. The molecule has 2 aromatic carbocycles. The number of pyridine rings is 1. The molecule has 1 atom stereocenters. The lowest BCUT2D eigenvalue weighted by atomic mass is 9.77. The first-order chi connectivity index (χ1) is 18.7. The normalized spacial score (nSPS) is 16.8. The second-order valence-electron chi connectivity index (χ2n) is 10.0. The Morgan fingerprint density at radius 3 is 2.59 bits per heavy atom. The standard InChI is InChI=1S/C29H31FN4O4S/c1-3-21-22(7-9-24(26(21)30)39(2)37)27(35)34-13-14-38-23-8-5-18(15-20(23)17-34)19-6-10-25(32-16-19)33-28(36)29(31)11-4-12-29/h5-10,15-16H,3-4,11-14,17,31H2,1-2H3,(H,32,33,36). The molecule has 2 amide bonds. The predicted molar refractivity (Wildman–Crippen MR) is 147 cm³/mol. The quantitative estimate of drug-likeness (QED) is 0.479. The van der Waals surface area contributed by atoms with E-state index in [1.54, 1.807) is 30.2 Å². The Labute approximate surface area is 229 Å². The molecule has 1 fully saturated rings. The maximum atomic E-state index is 15.0. The minimum atomic E-state index is -1.49. The number of nitrogens with zero attached hydrogens (tertiary/aromatic N) is 2. The van der Waals surface area contributed by atoms with Gasteiger partial charge in [0.05, 0.1) is 27.8 Å². The van der Waals surface area contributed by atoms with Crippen molar-refractivity contribution in [1.82, 2.24) is 9.88 Å². The highest BCUT2D eigenvalue weighted by Gasteiger charge is 2.40. The summed E-state index contributed by atoms with van der Waals surface area (Å²) < 4.78 is 32.8. The van der Waals surface area contributed by atoms with Gasteiger partial charge in [0.15, 0.2) is 0 Å². The summed E-state index contributed by atoms with van der Waals surface area (Å²) in [6, 6.07) is 12.3. The Morgan fingerprint density at radius 2 is 1.95 bits per heavy atom. The minimum Gasteiger partial charge on any atom is -0.491 e. The fourth-order valence-electron chi connectivity index (χ4n) is 4.95. The summed E-state index contributed by atoms with van der Waals surface area (Å²) in [4.78, 5) is 32.1. The van der Waals surface area contributed by atoms with Gasteiger partial charge < -0.3 is 20.7 Å². The number of halogens is 1. The molecule has 1 aromatic heterocycles. The third-order valence-corrected chi connectivity index (χ3v) is 8.40. The van der Waals surface area contributed by atoms with E-state index in [-0.39, 0.29) is 34.4 Å². The number of fused-ring (bicyclic) bond motifs is 1. The second kappa shape index (κ2) is 10.9. The van der Waals surface area contributed by atoms with E-state index in [0.717, 1.165) is 23.1 Å². The molecule has 1 aliphatic carbocycles. The molecule has 1 unspecified atom stereocenters. The lowest BCUT2D eigenvalue weighted by Crippen LogP contribution is -2.56. The van der Waals surface area contributed by atoms with E-state index < -0.39 is 22.2 Å². The number of hydrogen-bond donors (Lipinski definition) is 2. The molecule has 3 N–H and O–H groups in total. The Kier molecular flexibility index (Phi) is 7.51. The summed E-state index contributed by atoms with van der Waals surface area (Å²) in [6.45, 7) is 2.70. The highest BCUT2D eigenvalue weighted by Crippen LogP contribution is 2.32. The molecular weight excluding hydrogens is 519 g/mol. The van der Waals surface area contributed by atoms with E-state index in [1.165, 1.54) is 12.3 Å². The van der Waals surface area contributed by atoms with Crippen LogP contribution in [0.4, 0.5) is 10.2 Å². The molecule has 0 spiro atoms. The van der Waals surface area contributed by atoms with E-state index in [1.807, 2.05) is 24.3 Å². The monoisotopic (exact) mass is 550 g/mol. The van der Waals surface area contributed by atoms with Crippen LogP contribution in [0.2, 0.25) is 0 Å². The Hall–Kier alpha value is -3.63. The maximum absolute atomic E-state index is 15.0. The van der Waals surface area contributed by atoms with Gasteiger partial charge in [-0.3, -0.25) is 13.8 Å². The third-order valence-electron chi connectivity index (χ3n) is 7.47. The zero-order valence-corrected chi connectivity index (χ0v) is 22.8. The smallest absolute Gasteiger partial charge is 0.254 e. The highest BCUT2D eigenvalue weighted by atomic mass is 32.2. The third kappa shape index (κ3) is 5.31. The Bertz CT molecular complexity index is 1460. The number of hydrogen-bond acceptors (Lipinski definition) is 6. The van der Waals surface area contributed by atoms with Crippen LogP contribution in [0, 0.1) is 5.82 Å². The van der Waals surface area contributed by atoms with Crippen molar-refractivity contribution in [1.29, 1.82) is 0 Å². The minimum absolute atomic E-state index is 0.0994. The number of ether oxygens (including phenoxy) is 1. The molecule has 39 heavy (non-hydrogen) atoms. The van der Waals surface area contributed by atoms with Crippen molar-refractivity contribution in [2.75, 3.05) is 24.7 Å². The summed E-state index contributed by atoms with van der Waals surface area (Å²) in [6.07, 6.45) is 5.70. The largest absolute Gasteiger partial charge is 0.491 e. The highest BCUT2D eigenvalue weighted by molar-refractivity contribution is 7.84. The van der Waals surface area contributed by atoms with Gasteiger partial charge >= 0.3 is 0 Å². The number of carbonyl (C=O) groups excluding carboxylic acids is 2. The molecule has 1 saturated carbocycles. The number of rotatable bonds is 6. The number of carbonyl (C=O) groups is 2. The fraction of sp³-hybridized carbons (Fsp3) is 0.345. The number of nitrogens with one attached hydrogen (secondary N) is 1. The topological polar surface area (TPSA) is 115 Å². The average molecular weight is 551 g/mol. The average Bonchev–Trinajstić information content (AvgIpc) is 3.13. The van der Waals surface area contributed by atoms with Crippen molar-refractivity contribution in [2.45, 2.75) is 49.6 Å². The van der Waals surface area contributed by atoms with Crippen LogP contribution >= 0.6 is 0 Å². The molecule has 8 nitrogen and oxygen atoms in total. The van der Waals surface area contributed by atoms with Crippen LogP contribution in [0.5, 0.6) is 5.75 Å². The molecule has 10 heteroatoms. The fourth-order valence-corrected chi connectivity index (χ4v) is 5.58. The lowest BCUT2D eigenvalue weighted by molar-refractivity contribution is -0.123. The molecule has 2 heterocycles. The van der Waals surface area contributed by atoms with Crippen molar-refractivity contribution in [3.05, 3.63) is 71.2 Å². The van der Waals surface area contributed by atoms with E-state index in [0.29, 0.717) is 44.0 Å². The van der Waals surface area contributed by atoms with Crippen LogP contribution in [0.25, 0.3) is 11.1 Å². The van der Waals surface area contributed by atoms with Gasteiger partial charge in [-0.2, -0.15) is 0 Å². The van der Waals surface area contributed by atoms with E-state index in [2.05, 4.69) is 10.3 Å².